The van der Waals surface area contributed by atoms with Gasteiger partial charge in [-0.3, -0.25) is 4.79 Å². The van der Waals surface area contributed by atoms with E-state index in [2.05, 4.69) is 43.4 Å². The summed E-state index contributed by atoms with van der Waals surface area (Å²) in [5.74, 6) is 0.279. The van der Waals surface area contributed by atoms with Crippen molar-refractivity contribution in [3.8, 4) is 5.75 Å². The second-order valence-electron chi connectivity index (χ2n) is 8.51. The number of hydrogen-bond acceptors (Lipinski definition) is 3. The Balaban J connectivity index is 1.37. The average Bonchev–Trinajstić information content (AvgIpc) is 3.30. The summed E-state index contributed by atoms with van der Waals surface area (Å²) in [5, 5.41) is 2.54. The maximum absolute atomic E-state index is 13.9. The minimum Gasteiger partial charge on any atom is -0.486 e. The van der Waals surface area contributed by atoms with Crippen LogP contribution in [0.25, 0.3) is 0 Å². The van der Waals surface area contributed by atoms with Gasteiger partial charge in [-0.15, -0.1) is 0 Å². The van der Waals surface area contributed by atoms with Gasteiger partial charge in [0.05, 0.1) is 5.69 Å². The molecule has 0 atom stereocenters. The van der Waals surface area contributed by atoms with Crippen LogP contribution in [-0.4, -0.2) is 5.91 Å². The average molecular weight is 444 g/mol. The summed E-state index contributed by atoms with van der Waals surface area (Å²) in [6.45, 7) is 6.38. The number of anilines is 1. The summed E-state index contributed by atoms with van der Waals surface area (Å²) in [7, 11) is 0. The molecule has 0 bridgehead atoms. The van der Waals surface area contributed by atoms with Crippen LogP contribution in [0.2, 0.25) is 0 Å². The van der Waals surface area contributed by atoms with E-state index in [9.17, 15) is 9.18 Å². The summed E-state index contributed by atoms with van der Waals surface area (Å²) in [5.41, 5.74) is 3.26. The highest BCUT2D eigenvalue weighted by molar-refractivity contribution is 6.02. The van der Waals surface area contributed by atoms with Gasteiger partial charge in [-0.2, -0.15) is 0 Å². The van der Waals surface area contributed by atoms with E-state index in [-0.39, 0.29) is 23.5 Å². The van der Waals surface area contributed by atoms with E-state index in [1.165, 1.54) is 17.2 Å². The number of amides is 1. The molecule has 33 heavy (non-hydrogen) atoms. The van der Waals surface area contributed by atoms with E-state index >= 15 is 0 Å². The monoisotopic (exact) mass is 443 g/mol. The Morgan fingerprint density at radius 1 is 0.939 bits per heavy atom. The highest BCUT2D eigenvalue weighted by atomic mass is 19.1. The molecular weight excluding hydrogens is 417 g/mol. The van der Waals surface area contributed by atoms with Crippen molar-refractivity contribution in [3.05, 3.63) is 119 Å². The Labute approximate surface area is 193 Å². The molecule has 0 fully saturated rings. The fraction of sp³-hybridized carbons (Fsp3) is 0.179. The maximum Gasteiger partial charge on any atom is 0.291 e. The van der Waals surface area contributed by atoms with E-state index in [0.29, 0.717) is 11.5 Å². The predicted octanol–water partition coefficient (Wildman–Crippen LogP) is 6.88. The lowest BCUT2D eigenvalue weighted by Gasteiger charge is -2.26. The van der Waals surface area contributed by atoms with Gasteiger partial charge in [0.25, 0.3) is 5.91 Å². The zero-order valence-electron chi connectivity index (χ0n) is 18.9. The molecule has 3 aromatic carbocycles. The smallest absolute Gasteiger partial charge is 0.291 e. The van der Waals surface area contributed by atoms with Gasteiger partial charge in [-0.05, 0) is 60.0 Å². The number of carbonyl (C=O) groups excluding carboxylic acids is 1. The molecule has 0 aliphatic heterocycles. The molecule has 0 unspecified atom stereocenters. The lowest BCUT2D eigenvalue weighted by atomic mass is 9.78. The fourth-order valence-electron chi connectivity index (χ4n) is 3.64. The maximum atomic E-state index is 13.9. The third-order valence-corrected chi connectivity index (χ3v) is 5.71. The van der Waals surface area contributed by atoms with E-state index < -0.39 is 11.7 Å². The van der Waals surface area contributed by atoms with E-state index in [1.807, 2.05) is 37.3 Å². The van der Waals surface area contributed by atoms with Crippen LogP contribution in [0.15, 0.2) is 89.3 Å². The van der Waals surface area contributed by atoms with Crippen LogP contribution in [-0.2, 0) is 12.0 Å². The van der Waals surface area contributed by atoms with Crippen molar-refractivity contribution in [1.29, 1.82) is 0 Å². The Morgan fingerprint density at radius 2 is 1.64 bits per heavy atom. The van der Waals surface area contributed by atoms with Gasteiger partial charge in [0.15, 0.2) is 5.76 Å². The predicted molar refractivity (Wildman–Crippen MR) is 127 cm³/mol. The Kier molecular flexibility index (Phi) is 6.31. The summed E-state index contributed by atoms with van der Waals surface area (Å²) < 4.78 is 25.3. The largest absolute Gasteiger partial charge is 0.486 e. The second kappa shape index (κ2) is 9.33. The lowest BCUT2D eigenvalue weighted by molar-refractivity contribution is 0.0992. The molecule has 0 radical (unpaired) electrons. The molecular formula is C28H26FNO3. The molecule has 1 amide bonds. The number of hydrogen-bond donors (Lipinski definition) is 1. The molecule has 4 nitrogen and oxygen atoms in total. The molecule has 0 aliphatic carbocycles. The quantitative estimate of drug-likeness (QED) is 0.339. The Hall–Kier alpha value is -3.86. The van der Waals surface area contributed by atoms with Crippen molar-refractivity contribution < 1.29 is 18.3 Å². The van der Waals surface area contributed by atoms with Crippen molar-refractivity contribution in [2.75, 3.05) is 5.32 Å². The van der Waals surface area contributed by atoms with E-state index in [1.54, 1.807) is 24.3 Å². The van der Waals surface area contributed by atoms with Crippen molar-refractivity contribution in [2.45, 2.75) is 32.8 Å². The number of ether oxygens (including phenoxy) is 1. The molecule has 1 aromatic heterocycles. The van der Waals surface area contributed by atoms with Gasteiger partial charge in [0.1, 0.15) is 23.9 Å². The number of nitrogens with one attached hydrogen (secondary N) is 1. The Morgan fingerprint density at radius 3 is 2.36 bits per heavy atom. The number of halogens is 1. The molecule has 0 saturated carbocycles. The lowest BCUT2D eigenvalue weighted by Crippen LogP contribution is -2.18. The minimum absolute atomic E-state index is 0.0921. The topological polar surface area (TPSA) is 51.5 Å². The second-order valence-corrected chi connectivity index (χ2v) is 8.51. The van der Waals surface area contributed by atoms with Crippen LogP contribution in [0.1, 0.15) is 46.9 Å². The van der Waals surface area contributed by atoms with Crippen LogP contribution >= 0.6 is 0 Å². The van der Waals surface area contributed by atoms with Crippen LogP contribution in [0, 0.1) is 12.7 Å². The van der Waals surface area contributed by atoms with Gasteiger partial charge in [0.2, 0.25) is 0 Å². The zero-order chi connectivity index (χ0) is 23.4. The SMILES string of the molecule is Cc1ccc(F)c(NC(=O)c2ccc(COc3ccc(C(C)(C)c4ccccc4)cc3)o2)c1. The van der Waals surface area contributed by atoms with Gasteiger partial charge >= 0.3 is 0 Å². The van der Waals surface area contributed by atoms with Crippen molar-refractivity contribution >= 4 is 11.6 Å². The van der Waals surface area contributed by atoms with Crippen LogP contribution in [0.5, 0.6) is 5.75 Å². The minimum atomic E-state index is -0.516. The number of furan rings is 1. The Bertz CT molecular complexity index is 1240. The molecule has 0 spiro atoms. The van der Waals surface area contributed by atoms with Crippen LogP contribution < -0.4 is 10.1 Å². The van der Waals surface area contributed by atoms with E-state index in [0.717, 1.165) is 5.56 Å². The van der Waals surface area contributed by atoms with Gasteiger partial charge in [0, 0.05) is 5.41 Å². The van der Waals surface area contributed by atoms with Crippen LogP contribution in [0.3, 0.4) is 0 Å². The molecule has 0 saturated heterocycles. The first-order chi connectivity index (χ1) is 15.8. The van der Waals surface area contributed by atoms with Crippen molar-refractivity contribution in [1.82, 2.24) is 0 Å². The summed E-state index contributed by atoms with van der Waals surface area (Å²) in [4.78, 5) is 12.4. The van der Waals surface area contributed by atoms with Crippen LogP contribution in [0.4, 0.5) is 10.1 Å². The first-order valence-electron chi connectivity index (χ1n) is 10.8. The zero-order valence-corrected chi connectivity index (χ0v) is 18.9. The fourth-order valence-corrected chi connectivity index (χ4v) is 3.64. The number of carbonyl (C=O) groups is 1. The van der Waals surface area contributed by atoms with Gasteiger partial charge in [-0.1, -0.05) is 62.4 Å². The molecule has 168 valence electrons. The number of aryl methyl sites for hydroxylation is 1. The molecule has 0 aliphatic rings. The molecule has 5 heteroatoms. The summed E-state index contributed by atoms with van der Waals surface area (Å²) >= 11 is 0. The number of benzene rings is 3. The van der Waals surface area contributed by atoms with E-state index in [4.69, 9.17) is 9.15 Å². The number of rotatable bonds is 7. The first-order valence-corrected chi connectivity index (χ1v) is 10.8. The highest BCUT2D eigenvalue weighted by Gasteiger charge is 2.22. The molecule has 4 rings (SSSR count). The van der Waals surface area contributed by atoms with Crippen molar-refractivity contribution in [2.24, 2.45) is 0 Å². The summed E-state index contributed by atoms with van der Waals surface area (Å²) in [6, 6.07) is 26.1. The third-order valence-electron chi connectivity index (χ3n) is 5.71. The highest BCUT2D eigenvalue weighted by Crippen LogP contribution is 2.32. The molecule has 1 N–H and O–H groups in total. The third kappa shape index (κ3) is 5.14. The molecule has 4 aromatic rings. The molecule has 1 heterocycles. The summed E-state index contributed by atoms with van der Waals surface area (Å²) in [6.07, 6.45) is 0. The first kappa shape index (κ1) is 22.3. The van der Waals surface area contributed by atoms with Crippen molar-refractivity contribution in [3.63, 3.8) is 0 Å². The standard InChI is InChI=1S/C28H26FNO3/c1-19-9-15-24(29)25(17-19)30-27(31)26-16-14-23(33-26)18-32-22-12-10-21(11-13-22)28(2,3)20-7-5-4-6-8-20/h4-17H,18H2,1-3H3,(H,30,31). The van der Waals surface area contributed by atoms with Gasteiger partial charge < -0.3 is 14.5 Å². The normalized spacial score (nSPS) is 11.3. The van der Waals surface area contributed by atoms with Gasteiger partial charge in [-0.25, -0.2) is 4.39 Å².